The summed E-state index contributed by atoms with van der Waals surface area (Å²) >= 11 is 0. The highest BCUT2D eigenvalue weighted by atomic mass is 17.2. The van der Waals surface area contributed by atoms with E-state index in [1.165, 1.54) is 6.61 Å². The zero-order valence-corrected chi connectivity index (χ0v) is 11.3. The molecule has 0 aliphatic heterocycles. The lowest BCUT2D eigenvalue weighted by molar-refractivity contribution is -0.218. The summed E-state index contributed by atoms with van der Waals surface area (Å²) in [7, 11) is 0. The smallest absolute Gasteiger partial charge is 0.373 e. The Hall–Kier alpha value is -1.39. The molecular weight excluding hydrogens is 232 g/mol. The summed E-state index contributed by atoms with van der Waals surface area (Å²) in [5.41, 5.74) is 3.42. The van der Waals surface area contributed by atoms with Crippen LogP contribution in [0.15, 0.2) is 12.1 Å². The molecule has 0 aliphatic rings. The third-order valence-corrected chi connectivity index (χ3v) is 2.46. The highest BCUT2D eigenvalue weighted by Crippen LogP contribution is 2.17. The molecule has 0 fully saturated rings. The second-order valence-corrected chi connectivity index (χ2v) is 4.07. The first-order valence-corrected chi connectivity index (χ1v) is 5.91. The largest absolute Gasteiger partial charge is 0.379 e. The predicted octanol–water partition coefficient (Wildman–Crippen LogP) is 2.90. The van der Waals surface area contributed by atoms with E-state index in [0.717, 1.165) is 16.7 Å². The third kappa shape index (κ3) is 4.13. The standard InChI is InChI=1S/C14H19O4/c1-5-16-6-7-17-18-14(15)13-11(3)8-10(2)9-12(13)4/h7-9H,5-6H2,1-4H3. The van der Waals surface area contributed by atoms with E-state index in [4.69, 9.17) is 14.5 Å². The molecule has 4 nitrogen and oxygen atoms in total. The zero-order valence-electron chi connectivity index (χ0n) is 11.3. The van der Waals surface area contributed by atoms with Crippen LogP contribution in [-0.2, 0) is 14.5 Å². The molecule has 0 spiro atoms. The van der Waals surface area contributed by atoms with Crippen molar-refractivity contribution in [3.05, 3.63) is 41.0 Å². The van der Waals surface area contributed by atoms with E-state index in [1.54, 1.807) is 0 Å². The fraction of sp³-hybridized carbons (Fsp3) is 0.429. The first-order valence-electron chi connectivity index (χ1n) is 5.91. The number of ether oxygens (including phenoxy) is 1. The van der Waals surface area contributed by atoms with Crippen molar-refractivity contribution in [2.24, 2.45) is 0 Å². The molecule has 0 aromatic heterocycles. The van der Waals surface area contributed by atoms with Crippen molar-refractivity contribution in [2.75, 3.05) is 13.2 Å². The van der Waals surface area contributed by atoms with Crippen molar-refractivity contribution in [2.45, 2.75) is 27.7 Å². The summed E-state index contributed by atoms with van der Waals surface area (Å²) in [6.07, 6.45) is 0. The Bertz CT molecular complexity index is 389. The van der Waals surface area contributed by atoms with Gasteiger partial charge in [0.15, 0.2) is 6.61 Å². The van der Waals surface area contributed by atoms with E-state index in [2.05, 4.69) is 0 Å². The van der Waals surface area contributed by atoms with Gasteiger partial charge >= 0.3 is 5.97 Å². The van der Waals surface area contributed by atoms with E-state index in [-0.39, 0.29) is 6.61 Å². The van der Waals surface area contributed by atoms with E-state index in [9.17, 15) is 4.79 Å². The molecule has 1 aromatic carbocycles. The topological polar surface area (TPSA) is 44.8 Å². The van der Waals surface area contributed by atoms with E-state index in [0.29, 0.717) is 12.2 Å². The number of aryl methyl sites for hydroxylation is 3. The average Bonchev–Trinajstić information content (AvgIpc) is 2.27. The van der Waals surface area contributed by atoms with Crippen molar-refractivity contribution in [1.82, 2.24) is 0 Å². The van der Waals surface area contributed by atoms with Gasteiger partial charge in [0.25, 0.3) is 0 Å². The van der Waals surface area contributed by atoms with Crippen molar-refractivity contribution < 1.29 is 19.3 Å². The van der Waals surface area contributed by atoms with Crippen molar-refractivity contribution >= 4 is 5.97 Å². The second kappa shape index (κ2) is 7.13. The maximum atomic E-state index is 11.8. The Labute approximate surface area is 108 Å². The Kier molecular flexibility index (Phi) is 5.82. The lowest BCUT2D eigenvalue weighted by atomic mass is 10.0. The van der Waals surface area contributed by atoms with Gasteiger partial charge in [-0.15, -0.1) is 0 Å². The van der Waals surface area contributed by atoms with Gasteiger partial charge in [-0.3, -0.25) is 4.89 Å². The molecule has 99 valence electrons. The van der Waals surface area contributed by atoms with E-state index >= 15 is 0 Å². The predicted molar refractivity (Wildman–Crippen MR) is 67.9 cm³/mol. The van der Waals surface area contributed by atoms with Crippen LogP contribution in [-0.4, -0.2) is 19.2 Å². The summed E-state index contributed by atoms with van der Waals surface area (Å²) in [6, 6.07) is 3.88. The Balaban J connectivity index is 2.57. The van der Waals surface area contributed by atoms with Crippen LogP contribution in [0.25, 0.3) is 0 Å². The van der Waals surface area contributed by atoms with Gasteiger partial charge in [-0.05, 0) is 38.8 Å². The summed E-state index contributed by atoms with van der Waals surface area (Å²) in [5.74, 6) is -0.488. The van der Waals surface area contributed by atoms with Crippen LogP contribution in [0.1, 0.15) is 34.0 Å². The molecule has 0 amide bonds. The average molecular weight is 251 g/mol. The minimum absolute atomic E-state index is 0.287. The normalized spacial score (nSPS) is 10.4. The van der Waals surface area contributed by atoms with Gasteiger partial charge in [0.2, 0.25) is 0 Å². The molecule has 0 bridgehead atoms. The number of carbonyl (C=O) groups excluding carboxylic acids is 1. The quantitative estimate of drug-likeness (QED) is 0.443. The van der Waals surface area contributed by atoms with Gasteiger partial charge < -0.3 is 4.74 Å². The van der Waals surface area contributed by atoms with E-state index < -0.39 is 5.97 Å². The molecule has 1 radical (unpaired) electrons. The van der Waals surface area contributed by atoms with Gasteiger partial charge in [0.05, 0.1) is 12.2 Å². The van der Waals surface area contributed by atoms with Gasteiger partial charge in [-0.2, -0.15) is 4.89 Å². The van der Waals surface area contributed by atoms with Crippen LogP contribution in [0.4, 0.5) is 0 Å². The van der Waals surface area contributed by atoms with Crippen molar-refractivity contribution in [3.8, 4) is 0 Å². The monoisotopic (exact) mass is 251 g/mol. The van der Waals surface area contributed by atoms with Gasteiger partial charge in [-0.1, -0.05) is 17.7 Å². The molecule has 4 heteroatoms. The SMILES string of the molecule is CCOC[CH]OOC(=O)c1c(C)cc(C)cc1C. The van der Waals surface area contributed by atoms with Crippen molar-refractivity contribution in [1.29, 1.82) is 0 Å². The van der Waals surface area contributed by atoms with Gasteiger partial charge in [-0.25, -0.2) is 4.79 Å². The van der Waals surface area contributed by atoms with Crippen LogP contribution in [0.2, 0.25) is 0 Å². The van der Waals surface area contributed by atoms with Crippen LogP contribution in [0.5, 0.6) is 0 Å². The minimum atomic E-state index is -0.488. The molecule has 0 aliphatic carbocycles. The van der Waals surface area contributed by atoms with Gasteiger partial charge in [0, 0.05) is 6.61 Å². The number of hydrogen-bond donors (Lipinski definition) is 0. The first-order chi connectivity index (χ1) is 8.56. The van der Waals surface area contributed by atoms with Crippen LogP contribution in [0.3, 0.4) is 0 Å². The first kappa shape index (κ1) is 14.7. The highest BCUT2D eigenvalue weighted by Gasteiger charge is 2.15. The summed E-state index contributed by atoms with van der Waals surface area (Å²) in [6.45, 7) is 9.79. The number of hydrogen-bond acceptors (Lipinski definition) is 4. The minimum Gasteiger partial charge on any atom is -0.379 e. The Morgan fingerprint density at radius 2 is 1.83 bits per heavy atom. The lowest BCUT2D eigenvalue weighted by Crippen LogP contribution is -2.10. The van der Waals surface area contributed by atoms with Crippen LogP contribution < -0.4 is 0 Å². The molecule has 0 N–H and O–H groups in total. The molecule has 18 heavy (non-hydrogen) atoms. The van der Waals surface area contributed by atoms with Crippen LogP contribution in [0, 0.1) is 27.4 Å². The van der Waals surface area contributed by atoms with Crippen molar-refractivity contribution in [3.63, 3.8) is 0 Å². The number of carbonyl (C=O) groups is 1. The molecule has 0 saturated heterocycles. The number of benzene rings is 1. The lowest BCUT2D eigenvalue weighted by Gasteiger charge is -2.09. The summed E-state index contributed by atoms with van der Waals surface area (Å²) in [5, 5.41) is 0. The summed E-state index contributed by atoms with van der Waals surface area (Å²) in [4.78, 5) is 21.2. The maximum absolute atomic E-state index is 11.8. The molecule has 0 heterocycles. The third-order valence-electron chi connectivity index (χ3n) is 2.46. The number of rotatable bonds is 6. The maximum Gasteiger partial charge on any atom is 0.373 e. The molecule has 0 atom stereocenters. The molecule has 1 rings (SSSR count). The molecule has 1 aromatic rings. The van der Waals surface area contributed by atoms with Gasteiger partial charge in [0.1, 0.15) is 0 Å². The Morgan fingerprint density at radius 1 is 1.22 bits per heavy atom. The molecular formula is C14H19O4. The van der Waals surface area contributed by atoms with E-state index in [1.807, 2.05) is 39.8 Å². The Morgan fingerprint density at radius 3 is 2.39 bits per heavy atom. The van der Waals surface area contributed by atoms with Crippen LogP contribution >= 0.6 is 0 Å². The molecule has 0 saturated carbocycles. The fourth-order valence-electron chi connectivity index (χ4n) is 1.82. The summed E-state index contributed by atoms with van der Waals surface area (Å²) < 4.78 is 5.01. The highest BCUT2D eigenvalue weighted by molar-refractivity contribution is 5.92. The zero-order chi connectivity index (χ0) is 13.5. The molecule has 0 unspecified atom stereocenters. The second-order valence-electron chi connectivity index (χ2n) is 4.07. The fourth-order valence-corrected chi connectivity index (χ4v) is 1.82.